The maximum absolute atomic E-state index is 12.4. The molecular formula is C57H107NO5. The summed E-state index contributed by atoms with van der Waals surface area (Å²) in [6.07, 6.45) is 64.4. The van der Waals surface area contributed by atoms with Crippen LogP contribution in [0.2, 0.25) is 0 Å². The van der Waals surface area contributed by atoms with Gasteiger partial charge in [-0.05, 0) is 83.5 Å². The molecule has 6 heteroatoms. The molecule has 2 atom stereocenters. The highest BCUT2D eigenvalue weighted by molar-refractivity contribution is 5.76. The number of rotatable bonds is 51. The van der Waals surface area contributed by atoms with E-state index >= 15 is 0 Å². The van der Waals surface area contributed by atoms with Crippen LogP contribution in [0.25, 0.3) is 0 Å². The van der Waals surface area contributed by atoms with Crippen molar-refractivity contribution >= 4 is 11.9 Å². The molecule has 0 saturated heterocycles. The Balaban J connectivity index is 3.46. The molecule has 6 nitrogen and oxygen atoms in total. The van der Waals surface area contributed by atoms with Crippen LogP contribution in [-0.2, 0) is 14.3 Å². The van der Waals surface area contributed by atoms with Gasteiger partial charge in [-0.1, -0.05) is 230 Å². The number of unbranched alkanes of at least 4 members (excludes halogenated alkanes) is 36. The Morgan fingerprint density at radius 3 is 1.13 bits per heavy atom. The molecule has 370 valence electrons. The van der Waals surface area contributed by atoms with Gasteiger partial charge in [-0.2, -0.15) is 0 Å². The number of carbonyl (C=O) groups is 2. The number of hydrogen-bond donors (Lipinski definition) is 3. The normalized spacial score (nSPS) is 12.9. The molecule has 0 fully saturated rings. The van der Waals surface area contributed by atoms with E-state index in [0.29, 0.717) is 19.4 Å². The minimum Gasteiger partial charge on any atom is -0.466 e. The molecule has 0 rings (SSSR count). The van der Waals surface area contributed by atoms with Crippen molar-refractivity contribution in [3.05, 3.63) is 36.5 Å². The molecule has 0 aromatic heterocycles. The van der Waals surface area contributed by atoms with Crippen LogP contribution in [0.1, 0.15) is 290 Å². The Kier molecular flexibility index (Phi) is 51.1. The maximum Gasteiger partial charge on any atom is 0.305 e. The molecule has 0 aliphatic rings. The van der Waals surface area contributed by atoms with E-state index in [2.05, 4.69) is 43.5 Å². The number of hydrogen-bond acceptors (Lipinski definition) is 5. The fourth-order valence-corrected chi connectivity index (χ4v) is 8.33. The predicted molar refractivity (Wildman–Crippen MR) is 273 cm³/mol. The van der Waals surface area contributed by atoms with Crippen LogP contribution in [0.15, 0.2) is 36.5 Å². The molecule has 0 aromatic carbocycles. The lowest BCUT2D eigenvalue weighted by Gasteiger charge is -2.20. The summed E-state index contributed by atoms with van der Waals surface area (Å²) < 4.78 is 5.47. The van der Waals surface area contributed by atoms with Crippen molar-refractivity contribution in [1.82, 2.24) is 5.32 Å². The number of aliphatic hydroxyl groups is 2. The van der Waals surface area contributed by atoms with Crippen LogP contribution >= 0.6 is 0 Å². The summed E-state index contributed by atoms with van der Waals surface area (Å²) >= 11 is 0. The molecule has 0 saturated carbocycles. The molecule has 1 amide bonds. The number of nitrogens with one attached hydrogen (secondary N) is 1. The summed E-state index contributed by atoms with van der Waals surface area (Å²) in [6.45, 7) is 4.87. The summed E-state index contributed by atoms with van der Waals surface area (Å²) in [6, 6.07) is -0.634. The first kappa shape index (κ1) is 61.1. The van der Waals surface area contributed by atoms with Gasteiger partial charge in [0, 0.05) is 12.8 Å². The molecule has 0 aromatic rings. The summed E-state index contributed by atoms with van der Waals surface area (Å²) in [4.78, 5) is 24.4. The van der Waals surface area contributed by atoms with Gasteiger partial charge in [0.25, 0.3) is 0 Å². The largest absolute Gasteiger partial charge is 0.466 e. The van der Waals surface area contributed by atoms with Crippen molar-refractivity contribution in [2.75, 3.05) is 13.2 Å². The van der Waals surface area contributed by atoms with Crippen LogP contribution in [0.5, 0.6) is 0 Å². The zero-order valence-corrected chi connectivity index (χ0v) is 42.1. The van der Waals surface area contributed by atoms with Gasteiger partial charge in [0.2, 0.25) is 5.91 Å². The average molecular weight is 886 g/mol. The molecule has 0 heterocycles. The highest BCUT2D eigenvalue weighted by Crippen LogP contribution is 2.15. The van der Waals surface area contributed by atoms with Crippen LogP contribution in [0.3, 0.4) is 0 Å². The van der Waals surface area contributed by atoms with Gasteiger partial charge in [0.1, 0.15) is 0 Å². The van der Waals surface area contributed by atoms with Crippen LogP contribution < -0.4 is 5.32 Å². The third-order valence-corrected chi connectivity index (χ3v) is 12.6. The van der Waals surface area contributed by atoms with E-state index in [1.54, 1.807) is 6.08 Å². The molecule has 0 spiro atoms. The first-order valence-corrected chi connectivity index (χ1v) is 27.8. The van der Waals surface area contributed by atoms with Crippen molar-refractivity contribution < 1.29 is 24.5 Å². The van der Waals surface area contributed by atoms with Gasteiger partial charge >= 0.3 is 5.97 Å². The molecule has 0 bridgehead atoms. The lowest BCUT2D eigenvalue weighted by molar-refractivity contribution is -0.143. The van der Waals surface area contributed by atoms with E-state index in [9.17, 15) is 19.8 Å². The monoisotopic (exact) mass is 886 g/mol. The number of ether oxygens (including phenoxy) is 1. The van der Waals surface area contributed by atoms with Gasteiger partial charge in [-0.25, -0.2) is 0 Å². The lowest BCUT2D eigenvalue weighted by atomic mass is 10.0. The summed E-state index contributed by atoms with van der Waals surface area (Å²) in [5.41, 5.74) is 0. The molecule has 3 N–H and O–H groups in total. The average Bonchev–Trinajstić information content (AvgIpc) is 3.28. The Morgan fingerprint density at radius 1 is 0.429 bits per heavy atom. The first-order chi connectivity index (χ1) is 31.0. The van der Waals surface area contributed by atoms with Gasteiger partial charge in [0.15, 0.2) is 0 Å². The SMILES string of the molecule is CCCCCCCC/C=C\CCCCCCCC(=O)OCCCCCCCCCC/C=C\CCCCCCCCCC(=O)NC(CO)C(O)/C=C/CCCCCCCCCCCC. The Hall–Kier alpha value is -1.92. The second-order valence-electron chi connectivity index (χ2n) is 18.9. The Morgan fingerprint density at radius 2 is 0.746 bits per heavy atom. The van der Waals surface area contributed by atoms with Crippen molar-refractivity contribution in [2.45, 2.75) is 302 Å². The topological polar surface area (TPSA) is 95.9 Å². The standard InChI is InChI=1S/C57H107NO5/c1-3-5-7-9-11-13-15-17-23-27-31-35-39-43-47-51-57(62)63-52-48-44-40-36-32-28-25-22-20-18-19-21-24-26-30-34-38-42-46-50-56(61)58-54(53-59)55(60)49-45-41-37-33-29-16-14-12-10-8-6-4-2/h17-19,23,45,49,54-55,59-60H,3-16,20-22,24-44,46-48,50-53H2,1-2H3,(H,58,61)/b19-18-,23-17-,49-45+. The fourth-order valence-electron chi connectivity index (χ4n) is 8.33. The van der Waals surface area contributed by atoms with Gasteiger partial charge in [-0.3, -0.25) is 9.59 Å². The Bertz CT molecular complexity index is 1020. The minimum atomic E-state index is -0.850. The summed E-state index contributed by atoms with van der Waals surface area (Å²) in [5, 5.41) is 23.0. The van der Waals surface area contributed by atoms with Crippen molar-refractivity contribution in [3.8, 4) is 0 Å². The number of amides is 1. The highest BCUT2D eigenvalue weighted by atomic mass is 16.5. The number of allylic oxidation sites excluding steroid dienone is 5. The molecular weight excluding hydrogens is 779 g/mol. The van der Waals surface area contributed by atoms with E-state index in [0.717, 1.165) is 51.4 Å². The van der Waals surface area contributed by atoms with E-state index in [1.807, 2.05) is 6.08 Å². The first-order valence-electron chi connectivity index (χ1n) is 27.8. The quantitative estimate of drug-likeness (QED) is 0.0321. The molecule has 2 unspecified atom stereocenters. The fraction of sp³-hybridized carbons (Fsp3) is 0.860. The molecule has 63 heavy (non-hydrogen) atoms. The number of esters is 1. The molecule has 0 aliphatic carbocycles. The van der Waals surface area contributed by atoms with Gasteiger partial charge in [-0.15, -0.1) is 0 Å². The molecule has 0 aliphatic heterocycles. The predicted octanol–water partition coefficient (Wildman–Crippen LogP) is 16.9. The Labute approximate surface area is 392 Å². The van der Waals surface area contributed by atoms with E-state index in [1.165, 1.54) is 212 Å². The van der Waals surface area contributed by atoms with E-state index < -0.39 is 12.1 Å². The summed E-state index contributed by atoms with van der Waals surface area (Å²) in [5.74, 6) is -0.0842. The van der Waals surface area contributed by atoms with Crippen molar-refractivity contribution in [3.63, 3.8) is 0 Å². The zero-order chi connectivity index (χ0) is 45.8. The van der Waals surface area contributed by atoms with Crippen LogP contribution in [-0.4, -0.2) is 47.4 Å². The highest BCUT2D eigenvalue weighted by Gasteiger charge is 2.18. The third kappa shape index (κ3) is 49.4. The van der Waals surface area contributed by atoms with Crippen molar-refractivity contribution in [2.24, 2.45) is 0 Å². The van der Waals surface area contributed by atoms with Crippen LogP contribution in [0.4, 0.5) is 0 Å². The van der Waals surface area contributed by atoms with Crippen LogP contribution in [0, 0.1) is 0 Å². The second kappa shape index (κ2) is 52.7. The second-order valence-corrected chi connectivity index (χ2v) is 18.9. The van der Waals surface area contributed by atoms with Crippen molar-refractivity contribution in [1.29, 1.82) is 0 Å². The third-order valence-electron chi connectivity index (χ3n) is 12.6. The van der Waals surface area contributed by atoms with Gasteiger partial charge < -0.3 is 20.3 Å². The van der Waals surface area contributed by atoms with Gasteiger partial charge in [0.05, 0.1) is 25.4 Å². The lowest BCUT2D eigenvalue weighted by Crippen LogP contribution is -2.45. The summed E-state index contributed by atoms with van der Waals surface area (Å²) in [7, 11) is 0. The number of aliphatic hydroxyl groups excluding tert-OH is 2. The van der Waals surface area contributed by atoms with E-state index in [-0.39, 0.29) is 18.5 Å². The molecule has 0 radical (unpaired) electrons. The maximum atomic E-state index is 12.4. The minimum absolute atomic E-state index is 0.00524. The van der Waals surface area contributed by atoms with E-state index in [4.69, 9.17) is 4.74 Å². The number of carbonyl (C=O) groups excluding carboxylic acids is 2. The smallest absolute Gasteiger partial charge is 0.305 e. The zero-order valence-electron chi connectivity index (χ0n) is 42.1.